The summed E-state index contributed by atoms with van der Waals surface area (Å²) in [5.74, 6) is -0.0201. The van der Waals surface area contributed by atoms with Crippen molar-refractivity contribution >= 4 is 23.3 Å². The van der Waals surface area contributed by atoms with Crippen molar-refractivity contribution in [2.45, 2.75) is 13.5 Å². The van der Waals surface area contributed by atoms with E-state index in [0.717, 1.165) is 5.56 Å². The molecule has 0 unspecified atom stereocenters. The molecule has 1 heterocycles. The fraction of sp³-hybridized carbons (Fsp3) is 0.176. The maximum atomic E-state index is 12.2. The zero-order valence-corrected chi connectivity index (χ0v) is 12.6. The van der Waals surface area contributed by atoms with Crippen LogP contribution in [0.4, 0.5) is 0 Å². The largest absolute Gasteiger partial charge is 0.334 e. The molecular weight excluding hydrogens is 280 g/mol. The van der Waals surface area contributed by atoms with E-state index in [1.54, 1.807) is 40.5 Å². The number of thiophene rings is 1. The molecule has 0 aliphatic heterocycles. The lowest BCUT2D eigenvalue weighted by Gasteiger charge is -2.18. The van der Waals surface area contributed by atoms with Crippen molar-refractivity contribution in [3.63, 3.8) is 0 Å². The first-order valence-electron chi connectivity index (χ1n) is 6.72. The molecule has 1 amide bonds. The molecule has 0 aliphatic carbocycles. The van der Waals surface area contributed by atoms with Crippen LogP contribution in [-0.2, 0) is 11.3 Å². The quantitative estimate of drug-likeness (QED) is 0.790. The molecule has 21 heavy (non-hydrogen) atoms. The number of hydrogen-bond acceptors (Lipinski definition) is 3. The standard InChI is InChI=1S/C17H16N2OS/c1-2-19(13-16-7-4-10-21-16)17(20)9-8-14-5-3-6-15(11-14)12-18/h3-11H,2,13H2,1H3. The first-order valence-corrected chi connectivity index (χ1v) is 7.60. The van der Waals surface area contributed by atoms with Gasteiger partial charge in [-0.2, -0.15) is 5.26 Å². The summed E-state index contributed by atoms with van der Waals surface area (Å²) in [7, 11) is 0. The first-order chi connectivity index (χ1) is 10.2. The fourth-order valence-electron chi connectivity index (χ4n) is 1.92. The Labute approximate surface area is 128 Å². The highest BCUT2D eigenvalue weighted by Gasteiger charge is 2.09. The van der Waals surface area contributed by atoms with Crippen LogP contribution in [0, 0.1) is 11.3 Å². The lowest BCUT2D eigenvalue weighted by Crippen LogP contribution is -2.28. The van der Waals surface area contributed by atoms with Crippen molar-refractivity contribution < 1.29 is 4.79 Å². The number of rotatable bonds is 5. The molecule has 0 saturated heterocycles. The number of benzene rings is 1. The van der Waals surface area contributed by atoms with Gasteiger partial charge in [-0.1, -0.05) is 18.2 Å². The number of amides is 1. The molecule has 0 saturated carbocycles. The first kappa shape index (κ1) is 15.0. The van der Waals surface area contributed by atoms with Crippen molar-refractivity contribution in [2.24, 2.45) is 0 Å². The number of nitriles is 1. The van der Waals surface area contributed by atoms with E-state index in [0.29, 0.717) is 18.7 Å². The molecule has 1 aromatic heterocycles. The molecule has 4 heteroatoms. The fourth-order valence-corrected chi connectivity index (χ4v) is 2.64. The second kappa shape index (κ2) is 7.41. The summed E-state index contributed by atoms with van der Waals surface area (Å²) in [4.78, 5) is 15.2. The minimum absolute atomic E-state index is 0.0201. The zero-order chi connectivity index (χ0) is 15.1. The Hall–Kier alpha value is -2.38. The predicted octanol–water partition coefficient (Wildman–Crippen LogP) is 3.68. The second-order valence-corrected chi connectivity index (χ2v) is 5.53. The Kier molecular flexibility index (Phi) is 5.30. The van der Waals surface area contributed by atoms with E-state index < -0.39 is 0 Å². The molecule has 0 bridgehead atoms. The SMILES string of the molecule is CCN(Cc1cccs1)C(=O)C=Cc1cccc(C#N)c1. The van der Waals surface area contributed by atoms with Crippen LogP contribution in [0.5, 0.6) is 0 Å². The van der Waals surface area contributed by atoms with Gasteiger partial charge in [0.2, 0.25) is 5.91 Å². The Bertz CT molecular complexity index is 668. The third kappa shape index (κ3) is 4.30. The normalized spacial score (nSPS) is 10.5. The van der Waals surface area contributed by atoms with E-state index in [1.807, 2.05) is 36.6 Å². The van der Waals surface area contributed by atoms with Crippen molar-refractivity contribution in [3.8, 4) is 6.07 Å². The van der Waals surface area contributed by atoms with Crippen molar-refractivity contribution in [1.82, 2.24) is 4.90 Å². The van der Waals surface area contributed by atoms with Crippen molar-refractivity contribution in [3.05, 3.63) is 63.9 Å². The molecule has 0 radical (unpaired) electrons. The van der Waals surface area contributed by atoms with Crippen molar-refractivity contribution in [2.75, 3.05) is 6.54 Å². The van der Waals surface area contributed by atoms with Crippen LogP contribution in [0.2, 0.25) is 0 Å². The van der Waals surface area contributed by atoms with E-state index in [9.17, 15) is 4.79 Å². The van der Waals surface area contributed by atoms with E-state index in [1.165, 1.54) is 4.88 Å². The van der Waals surface area contributed by atoms with Gasteiger partial charge in [0.25, 0.3) is 0 Å². The number of carbonyl (C=O) groups is 1. The summed E-state index contributed by atoms with van der Waals surface area (Å²) >= 11 is 1.65. The minimum Gasteiger partial charge on any atom is -0.334 e. The minimum atomic E-state index is -0.0201. The maximum absolute atomic E-state index is 12.2. The van der Waals surface area contributed by atoms with Crippen LogP contribution in [-0.4, -0.2) is 17.4 Å². The highest BCUT2D eigenvalue weighted by molar-refractivity contribution is 7.09. The molecule has 0 fully saturated rings. The Morgan fingerprint density at radius 1 is 1.38 bits per heavy atom. The van der Waals surface area contributed by atoms with Gasteiger partial charge in [0.15, 0.2) is 0 Å². The smallest absolute Gasteiger partial charge is 0.246 e. The molecule has 106 valence electrons. The summed E-state index contributed by atoms with van der Waals surface area (Å²) in [6.07, 6.45) is 3.31. The second-order valence-electron chi connectivity index (χ2n) is 4.50. The molecule has 0 spiro atoms. The van der Waals surface area contributed by atoms with E-state index in [-0.39, 0.29) is 5.91 Å². The molecule has 0 N–H and O–H groups in total. The third-order valence-corrected chi connectivity index (χ3v) is 3.92. The highest BCUT2D eigenvalue weighted by atomic mass is 32.1. The van der Waals surface area contributed by atoms with Gasteiger partial charge < -0.3 is 4.90 Å². The Morgan fingerprint density at radius 2 is 2.24 bits per heavy atom. The van der Waals surface area contributed by atoms with Crippen LogP contribution in [0.3, 0.4) is 0 Å². The van der Waals surface area contributed by atoms with Crippen LogP contribution in [0.25, 0.3) is 6.08 Å². The summed E-state index contributed by atoms with van der Waals surface area (Å²) in [6.45, 7) is 3.27. The van der Waals surface area contributed by atoms with E-state index in [2.05, 4.69) is 6.07 Å². The van der Waals surface area contributed by atoms with Gasteiger partial charge in [0, 0.05) is 17.5 Å². The maximum Gasteiger partial charge on any atom is 0.246 e. The molecule has 3 nitrogen and oxygen atoms in total. The lowest BCUT2D eigenvalue weighted by atomic mass is 10.1. The monoisotopic (exact) mass is 296 g/mol. The van der Waals surface area contributed by atoms with Gasteiger partial charge in [-0.05, 0) is 42.1 Å². The van der Waals surface area contributed by atoms with Crippen molar-refractivity contribution in [1.29, 1.82) is 5.26 Å². The van der Waals surface area contributed by atoms with Gasteiger partial charge in [-0.15, -0.1) is 11.3 Å². The van der Waals surface area contributed by atoms with Crippen LogP contribution in [0.1, 0.15) is 22.9 Å². The van der Waals surface area contributed by atoms with Gasteiger partial charge >= 0.3 is 0 Å². The summed E-state index contributed by atoms with van der Waals surface area (Å²) in [5.41, 5.74) is 1.45. The predicted molar refractivity (Wildman–Crippen MR) is 85.6 cm³/mol. The van der Waals surface area contributed by atoms with Gasteiger partial charge in [-0.3, -0.25) is 4.79 Å². The number of likely N-dealkylation sites (N-methyl/N-ethyl adjacent to an activating group) is 1. The molecule has 1 aromatic carbocycles. The average Bonchev–Trinajstić information content (AvgIpc) is 3.03. The summed E-state index contributed by atoms with van der Waals surface area (Å²) < 4.78 is 0. The number of nitrogens with zero attached hydrogens (tertiary/aromatic N) is 2. The highest BCUT2D eigenvalue weighted by Crippen LogP contribution is 2.12. The van der Waals surface area contributed by atoms with Crippen LogP contribution < -0.4 is 0 Å². The van der Waals surface area contributed by atoms with E-state index in [4.69, 9.17) is 5.26 Å². The molecule has 2 aromatic rings. The third-order valence-electron chi connectivity index (χ3n) is 3.05. The van der Waals surface area contributed by atoms with Crippen LogP contribution in [0.15, 0.2) is 47.9 Å². The zero-order valence-electron chi connectivity index (χ0n) is 11.8. The molecular formula is C17H16N2OS. The Balaban J connectivity index is 2.04. The van der Waals surface area contributed by atoms with Gasteiger partial charge in [0.05, 0.1) is 18.2 Å². The van der Waals surface area contributed by atoms with Gasteiger partial charge in [-0.25, -0.2) is 0 Å². The van der Waals surface area contributed by atoms with Gasteiger partial charge in [0.1, 0.15) is 0 Å². The average molecular weight is 296 g/mol. The topological polar surface area (TPSA) is 44.1 Å². The Morgan fingerprint density at radius 3 is 2.90 bits per heavy atom. The van der Waals surface area contributed by atoms with E-state index >= 15 is 0 Å². The van der Waals surface area contributed by atoms with Crippen LogP contribution >= 0.6 is 11.3 Å². The number of carbonyl (C=O) groups excluding carboxylic acids is 1. The molecule has 2 rings (SSSR count). The lowest BCUT2D eigenvalue weighted by molar-refractivity contribution is -0.126. The summed E-state index contributed by atoms with van der Waals surface area (Å²) in [5, 5.41) is 10.9. The molecule has 0 atom stereocenters. The molecule has 0 aliphatic rings. The summed E-state index contributed by atoms with van der Waals surface area (Å²) in [6, 6.07) is 13.3. The number of hydrogen-bond donors (Lipinski definition) is 0.